The molecule has 3 aromatic carbocycles. The highest BCUT2D eigenvalue weighted by Gasteiger charge is 2.40. The highest BCUT2D eigenvalue weighted by atomic mass is 32.2. The van der Waals surface area contributed by atoms with Gasteiger partial charge in [-0.1, -0.05) is 60.7 Å². The van der Waals surface area contributed by atoms with Crippen LogP contribution in [0.15, 0.2) is 94.7 Å². The summed E-state index contributed by atoms with van der Waals surface area (Å²) in [5, 5.41) is -0.644. The fraction of sp³-hybridized carbons (Fsp3) is 0.207. The van der Waals surface area contributed by atoms with Gasteiger partial charge in [-0.15, -0.1) is 0 Å². The number of nitrogens with zero attached hydrogens (tertiary/aromatic N) is 3. The van der Waals surface area contributed by atoms with E-state index in [0.717, 1.165) is 17.3 Å². The highest BCUT2D eigenvalue weighted by Crippen LogP contribution is 2.33. The molecule has 0 unspecified atom stereocenters. The average molecular weight is 578 g/mol. The third-order valence-electron chi connectivity index (χ3n) is 6.54. The largest absolute Gasteiger partial charge is 0.489 e. The zero-order valence-corrected chi connectivity index (χ0v) is 23.1. The van der Waals surface area contributed by atoms with Crippen LogP contribution in [0.1, 0.15) is 11.1 Å². The topological polar surface area (TPSA) is 104 Å². The molecule has 5 rings (SSSR count). The number of benzene rings is 3. The Balaban J connectivity index is 1.15. The van der Waals surface area contributed by atoms with Gasteiger partial charge in [0.15, 0.2) is 0 Å². The van der Waals surface area contributed by atoms with E-state index in [0.29, 0.717) is 35.9 Å². The van der Waals surface area contributed by atoms with Gasteiger partial charge in [-0.3, -0.25) is 19.3 Å². The Labute approximate surface area is 237 Å². The molecule has 2 fully saturated rings. The number of ether oxygens (including phenoxy) is 1. The Hall–Kier alpha value is -3.77. The third kappa shape index (κ3) is 6.34. The van der Waals surface area contributed by atoms with E-state index in [-0.39, 0.29) is 29.4 Å². The van der Waals surface area contributed by atoms with Gasteiger partial charge < -0.3 is 4.74 Å². The van der Waals surface area contributed by atoms with Gasteiger partial charge in [-0.2, -0.15) is 4.31 Å². The minimum Gasteiger partial charge on any atom is -0.489 e. The van der Waals surface area contributed by atoms with Gasteiger partial charge in [0, 0.05) is 26.2 Å². The molecule has 206 valence electrons. The third-order valence-corrected chi connectivity index (χ3v) is 9.32. The molecular formula is C29H27N3O6S2. The van der Waals surface area contributed by atoms with Crippen LogP contribution in [0.4, 0.5) is 4.79 Å². The monoisotopic (exact) mass is 577 g/mol. The predicted molar refractivity (Wildman–Crippen MR) is 152 cm³/mol. The fourth-order valence-corrected chi connectivity index (χ4v) is 6.65. The van der Waals surface area contributed by atoms with Crippen molar-refractivity contribution >= 4 is 44.9 Å². The SMILES string of the molecule is O=C(CN1CCN(S(=O)(=O)c2ccccc2)CC1)N1C(=O)S/C(=C\c2ccc(OCc3ccccc3)cc2)C1=O. The van der Waals surface area contributed by atoms with E-state index < -0.39 is 27.1 Å². The summed E-state index contributed by atoms with van der Waals surface area (Å²) in [4.78, 5) is 41.2. The number of carbonyl (C=O) groups is 3. The molecule has 2 aliphatic heterocycles. The van der Waals surface area contributed by atoms with Crippen molar-refractivity contribution in [1.29, 1.82) is 0 Å². The Morgan fingerprint density at radius 3 is 2.12 bits per heavy atom. The van der Waals surface area contributed by atoms with Crippen LogP contribution in [0.3, 0.4) is 0 Å². The molecule has 0 bridgehead atoms. The van der Waals surface area contributed by atoms with Crippen molar-refractivity contribution in [3.63, 3.8) is 0 Å². The van der Waals surface area contributed by atoms with E-state index in [9.17, 15) is 22.8 Å². The zero-order valence-electron chi connectivity index (χ0n) is 21.5. The summed E-state index contributed by atoms with van der Waals surface area (Å²) in [5.41, 5.74) is 1.74. The molecule has 9 nitrogen and oxygen atoms in total. The van der Waals surface area contributed by atoms with Crippen molar-refractivity contribution in [2.45, 2.75) is 11.5 Å². The van der Waals surface area contributed by atoms with Gasteiger partial charge in [0.1, 0.15) is 12.4 Å². The van der Waals surface area contributed by atoms with Crippen LogP contribution in [0.25, 0.3) is 6.08 Å². The summed E-state index contributed by atoms with van der Waals surface area (Å²) in [6.07, 6.45) is 1.58. The number of imide groups is 3. The lowest BCUT2D eigenvalue weighted by Gasteiger charge is -2.33. The van der Waals surface area contributed by atoms with Crippen molar-refractivity contribution < 1.29 is 27.5 Å². The minimum absolute atomic E-state index is 0.155. The molecular weight excluding hydrogens is 550 g/mol. The molecule has 2 aliphatic rings. The molecule has 0 saturated carbocycles. The van der Waals surface area contributed by atoms with Crippen LogP contribution < -0.4 is 4.74 Å². The lowest BCUT2D eigenvalue weighted by atomic mass is 10.2. The molecule has 0 atom stereocenters. The summed E-state index contributed by atoms with van der Waals surface area (Å²) in [5.74, 6) is -0.620. The van der Waals surface area contributed by atoms with Crippen LogP contribution in [0.2, 0.25) is 0 Å². The summed E-state index contributed by atoms with van der Waals surface area (Å²) in [6.45, 7) is 1.30. The summed E-state index contributed by atoms with van der Waals surface area (Å²) >= 11 is 0.720. The number of rotatable bonds is 8. The van der Waals surface area contributed by atoms with E-state index in [1.807, 2.05) is 30.3 Å². The smallest absolute Gasteiger partial charge is 0.300 e. The number of hydrogen-bond donors (Lipinski definition) is 0. The van der Waals surface area contributed by atoms with Gasteiger partial charge in [-0.25, -0.2) is 13.3 Å². The molecule has 2 heterocycles. The second-order valence-corrected chi connectivity index (χ2v) is 12.2. The van der Waals surface area contributed by atoms with Crippen LogP contribution >= 0.6 is 11.8 Å². The van der Waals surface area contributed by atoms with Crippen molar-refractivity contribution in [2.75, 3.05) is 32.7 Å². The molecule has 0 radical (unpaired) electrons. The number of thioether (sulfide) groups is 1. The highest BCUT2D eigenvalue weighted by molar-refractivity contribution is 8.18. The summed E-state index contributed by atoms with van der Waals surface area (Å²) < 4.78 is 32.8. The Morgan fingerprint density at radius 2 is 1.48 bits per heavy atom. The Bertz CT molecular complexity index is 1520. The first-order valence-electron chi connectivity index (χ1n) is 12.7. The van der Waals surface area contributed by atoms with E-state index in [1.165, 1.54) is 4.31 Å². The lowest BCUT2D eigenvalue weighted by Crippen LogP contribution is -2.51. The normalized spacial score (nSPS) is 17.9. The van der Waals surface area contributed by atoms with Crippen molar-refractivity contribution in [3.8, 4) is 5.75 Å². The Morgan fingerprint density at radius 1 is 0.850 bits per heavy atom. The van der Waals surface area contributed by atoms with Crippen LogP contribution in [0.5, 0.6) is 5.75 Å². The molecule has 3 amide bonds. The van der Waals surface area contributed by atoms with Gasteiger partial charge in [0.25, 0.3) is 17.1 Å². The van der Waals surface area contributed by atoms with Crippen LogP contribution in [-0.2, 0) is 26.2 Å². The molecule has 11 heteroatoms. The summed E-state index contributed by atoms with van der Waals surface area (Å²) in [7, 11) is -3.62. The molecule has 0 aliphatic carbocycles. The number of hydrogen-bond acceptors (Lipinski definition) is 8. The van der Waals surface area contributed by atoms with Gasteiger partial charge in [0.2, 0.25) is 10.0 Å². The van der Waals surface area contributed by atoms with Gasteiger partial charge in [0.05, 0.1) is 16.3 Å². The van der Waals surface area contributed by atoms with Crippen molar-refractivity contribution in [3.05, 3.63) is 101 Å². The maximum Gasteiger partial charge on any atom is 0.300 e. The van der Waals surface area contributed by atoms with Gasteiger partial charge >= 0.3 is 0 Å². The number of piperazine rings is 1. The quantitative estimate of drug-likeness (QED) is 0.372. The first kappa shape index (κ1) is 27.8. The number of carbonyl (C=O) groups excluding carboxylic acids is 3. The maximum atomic E-state index is 12.9. The molecule has 3 aromatic rings. The predicted octanol–water partition coefficient (Wildman–Crippen LogP) is 3.84. The molecule has 0 aromatic heterocycles. The van der Waals surface area contributed by atoms with Gasteiger partial charge in [-0.05, 0) is 53.2 Å². The standard InChI is InChI=1S/C29H27N3O6S2/c33-27(20-30-15-17-31(18-16-30)40(36,37)25-9-5-2-6-10-25)32-28(34)26(39-29(32)35)19-22-11-13-24(14-12-22)38-21-23-7-3-1-4-8-23/h1-14,19H,15-18,20-21H2/b26-19-. The van der Waals surface area contributed by atoms with Crippen molar-refractivity contribution in [1.82, 2.24) is 14.1 Å². The van der Waals surface area contributed by atoms with Crippen molar-refractivity contribution in [2.24, 2.45) is 0 Å². The number of amides is 3. The molecule has 2 saturated heterocycles. The second-order valence-electron chi connectivity index (χ2n) is 9.25. The second kappa shape index (κ2) is 12.2. The van der Waals surface area contributed by atoms with E-state index >= 15 is 0 Å². The number of sulfonamides is 1. The maximum absolute atomic E-state index is 12.9. The molecule has 0 N–H and O–H groups in total. The zero-order chi connectivity index (χ0) is 28.1. The van der Waals surface area contributed by atoms with E-state index in [4.69, 9.17) is 4.74 Å². The fourth-order valence-electron chi connectivity index (χ4n) is 4.37. The molecule has 0 spiro atoms. The molecule has 40 heavy (non-hydrogen) atoms. The van der Waals surface area contributed by atoms with Crippen LogP contribution in [-0.4, -0.2) is 72.3 Å². The first-order valence-corrected chi connectivity index (χ1v) is 14.9. The average Bonchev–Trinajstić information content (AvgIpc) is 3.26. The Kier molecular flexibility index (Phi) is 8.46. The first-order chi connectivity index (χ1) is 19.3. The van der Waals surface area contributed by atoms with E-state index in [1.54, 1.807) is 65.6 Å². The summed E-state index contributed by atoms with van der Waals surface area (Å²) in [6, 6.07) is 25.1. The van der Waals surface area contributed by atoms with Crippen LogP contribution in [0, 0.1) is 0 Å². The van der Waals surface area contributed by atoms with E-state index in [2.05, 4.69) is 0 Å². The lowest BCUT2D eigenvalue weighted by molar-refractivity contribution is -0.138. The minimum atomic E-state index is -3.62.